The number of pyridine rings is 1. The van der Waals surface area contributed by atoms with Crippen molar-refractivity contribution in [3.05, 3.63) is 94.8 Å². The zero-order valence-corrected chi connectivity index (χ0v) is 16.3. The second kappa shape index (κ2) is 7.91. The van der Waals surface area contributed by atoms with Crippen LogP contribution in [0, 0.1) is 0 Å². The van der Waals surface area contributed by atoms with E-state index >= 15 is 0 Å². The first-order valence-corrected chi connectivity index (χ1v) is 9.63. The molecule has 4 rings (SSSR count). The number of halogens is 1. The Bertz CT molecular complexity index is 1130. The van der Waals surface area contributed by atoms with Crippen LogP contribution in [-0.4, -0.2) is 10.7 Å². The van der Waals surface area contributed by atoms with Gasteiger partial charge in [0.1, 0.15) is 12.4 Å². The minimum absolute atomic E-state index is 0.444. The van der Waals surface area contributed by atoms with Crippen molar-refractivity contribution >= 4 is 23.4 Å². The van der Waals surface area contributed by atoms with E-state index in [-0.39, 0.29) is 0 Å². The number of carbonyl (C=O) groups excluding carboxylic acids is 1. The molecule has 0 amide bonds. The molecule has 0 aliphatic rings. The highest BCUT2D eigenvalue weighted by molar-refractivity contribution is 6.31. The zero-order chi connectivity index (χ0) is 19.5. The van der Waals surface area contributed by atoms with Crippen molar-refractivity contribution in [1.82, 2.24) is 4.40 Å². The lowest BCUT2D eigenvalue weighted by Crippen LogP contribution is -1.98. The maximum Gasteiger partial charge on any atom is 0.167 e. The third kappa shape index (κ3) is 3.54. The number of aryl methyl sites for hydroxylation is 1. The lowest BCUT2D eigenvalue weighted by atomic mass is 10.0. The number of aromatic nitrogens is 1. The van der Waals surface area contributed by atoms with E-state index in [0.29, 0.717) is 23.1 Å². The lowest BCUT2D eigenvalue weighted by Gasteiger charge is -2.12. The van der Waals surface area contributed by atoms with Gasteiger partial charge in [-0.05, 0) is 47.9 Å². The third-order valence-corrected chi connectivity index (χ3v) is 5.09. The molecule has 4 aromatic rings. The standard InChI is InChI=1S/C24H20ClNO2/c1-2-17-8-10-20-13-21(23(15-27)26(20)14-17)22-12-19(25)9-11-24(22)28-16-18-6-4-3-5-7-18/h3-15H,2,16H2,1H3. The average molecular weight is 390 g/mol. The topological polar surface area (TPSA) is 30.7 Å². The van der Waals surface area contributed by atoms with Crippen LogP contribution < -0.4 is 4.74 Å². The van der Waals surface area contributed by atoms with Crippen molar-refractivity contribution in [3.8, 4) is 16.9 Å². The quantitative estimate of drug-likeness (QED) is 0.367. The largest absolute Gasteiger partial charge is 0.488 e. The van der Waals surface area contributed by atoms with E-state index in [4.69, 9.17) is 16.3 Å². The number of hydrogen-bond donors (Lipinski definition) is 0. The summed E-state index contributed by atoms with van der Waals surface area (Å²) in [5, 5.41) is 0.600. The highest BCUT2D eigenvalue weighted by Crippen LogP contribution is 2.36. The molecule has 2 heterocycles. The van der Waals surface area contributed by atoms with Crippen LogP contribution in [0.1, 0.15) is 28.5 Å². The van der Waals surface area contributed by atoms with E-state index in [1.807, 2.05) is 65.2 Å². The summed E-state index contributed by atoms with van der Waals surface area (Å²) in [5.41, 5.74) is 5.43. The molecular formula is C24H20ClNO2. The van der Waals surface area contributed by atoms with Crippen molar-refractivity contribution < 1.29 is 9.53 Å². The second-order valence-corrected chi connectivity index (χ2v) is 7.10. The summed E-state index contributed by atoms with van der Waals surface area (Å²) in [6.07, 6.45) is 3.81. The highest BCUT2D eigenvalue weighted by atomic mass is 35.5. The molecule has 2 aromatic heterocycles. The monoisotopic (exact) mass is 389 g/mol. The first kappa shape index (κ1) is 18.3. The number of benzene rings is 2. The molecule has 0 fully saturated rings. The van der Waals surface area contributed by atoms with Crippen LogP contribution in [0.5, 0.6) is 5.75 Å². The molecule has 2 aromatic carbocycles. The van der Waals surface area contributed by atoms with Crippen molar-refractivity contribution in [1.29, 1.82) is 0 Å². The van der Waals surface area contributed by atoms with Crippen LogP contribution in [0.3, 0.4) is 0 Å². The molecule has 0 saturated carbocycles. The first-order valence-electron chi connectivity index (χ1n) is 9.25. The number of nitrogens with zero attached hydrogens (tertiary/aromatic N) is 1. The van der Waals surface area contributed by atoms with Crippen LogP contribution in [-0.2, 0) is 13.0 Å². The molecule has 0 atom stereocenters. The number of rotatable bonds is 6. The minimum atomic E-state index is 0.444. The van der Waals surface area contributed by atoms with Crippen LogP contribution in [0.15, 0.2) is 72.9 Å². The molecule has 0 aliphatic heterocycles. The normalized spacial score (nSPS) is 10.9. The van der Waals surface area contributed by atoms with Crippen LogP contribution in [0.25, 0.3) is 16.6 Å². The molecule has 0 bridgehead atoms. The van der Waals surface area contributed by atoms with Gasteiger partial charge in [0.15, 0.2) is 6.29 Å². The Balaban J connectivity index is 1.80. The summed E-state index contributed by atoms with van der Waals surface area (Å²) in [6, 6.07) is 21.6. The molecule has 4 heteroatoms. The summed E-state index contributed by atoms with van der Waals surface area (Å²) in [4.78, 5) is 12.0. The maximum atomic E-state index is 12.0. The fourth-order valence-electron chi connectivity index (χ4n) is 3.35. The van der Waals surface area contributed by atoms with Gasteiger partial charge in [0.2, 0.25) is 0 Å². The van der Waals surface area contributed by atoms with Gasteiger partial charge in [-0.2, -0.15) is 0 Å². The molecule has 0 saturated heterocycles. The zero-order valence-electron chi connectivity index (χ0n) is 15.6. The number of ether oxygens (including phenoxy) is 1. The Morgan fingerprint density at radius 1 is 0.964 bits per heavy atom. The van der Waals surface area contributed by atoms with E-state index in [1.54, 1.807) is 6.07 Å². The predicted octanol–water partition coefficient (Wildman–Crippen LogP) is 6.21. The van der Waals surface area contributed by atoms with E-state index in [2.05, 4.69) is 13.0 Å². The highest BCUT2D eigenvalue weighted by Gasteiger charge is 2.16. The number of hydrogen-bond acceptors (Lipinski definition) is 2. The second-order valence-electron chi connectivity index (χ2n) is 6.66. The fraction of sp³-hybridized carbons (Fsp3) is 0.125. The number of aldehydes is 1. The van der Waals surface area contributed by atoms with Gasteiger partial charge in [-0.15, -0.1) is 0 Å². The predicted molar refractivity (Wildman–Crippen MR) is 113 cm³/mol. The van der Waals surface area contributed by atoms with E-state index in [1.165, 1.54) is 5.56 Å². The van der Waals surface area contributed by atoms with E-state index < -0.39 is 0 Å². The Labute approximate surface area is 169 Å². The smallest absolute Gasteiger partial charge is 0.167 e. The van der Waals surface area contributed by atoms with Gasteiger partial charge < -0.3 is 9.14 Å². The van der Waals surface area contributed by atoms with Gasteiger partial charge in [0.25, 0.3) is 0 Å². The minimum Gasteiger partial charge on any atom is -0.488 e. The fourth-order valence-corrected chi connectivity index (χ4v) is 3.53. The molecule has 0 radical (unpaired) electrons. The molecular weight excluding hydrogens is 370 g/mol. The number of carbonyl (C=O) groups is 1. The van der Waals surface area contributed by atoms with Gasteiger partial charge in [-0.25, -0.2) is 0 Å². The Hall–Kier alpha value is -3.04. The molecule has 0 unspecified atom stereocenters. The summed E-state index contributed by atoms with van der Waals surface area (Å²) in [5.74, 6) is 0.697. The van der Waals surface area contributed by atoms with Crippen molar-refractivity contribution in [2.45, 2.75) is 20.0 Å². The van der Waals surface area contributed by atoms with E-state index in [9.17, 15) is 4.79 Å². The molecule has 0 spiro atoms. The van der Waals surface area contributed by atoms with Crippen LogP contribution in [0.4, 0.5) is 0 Å². The molecule has 140 valence electrons. The van der Waals surface area contributed by atoms with Crippen LogP contribution in [0.2, 0.25) is 5.02 Å². The summed E-state index contributed by atoms with van der Waals surface area (Å²) >= 11 is 6.28. The summed E-state index contributed by atoms with van der Waals surface area (Å²) in [7, 11) is 0. The van der Waals surface area contributed by atoms with Crippen molar-refractivity contribution in [3.63, 3.8) is 0 Å². The lowest BCUT2D eigenvalue weighted by molar-refractivity contribution is 0.111. The van der Waals surface area contributed by atoms with Gasteiger partial charge in [-0.3, -0.25) is 4.79 Å². The Kier molecular flexibility index (Phi) is 5.18. The Morgan fingerprint density at radius 2 is 1.79 bits per heavy atom. The van der Waals surface area contributed by atoms with Crippen molar-refractivity contribution in [2.24, 2.45) is 0 Å². The molecule has 3 nitrogen and oxygen atoms in total. The maximum absolute atomic E-state index is 12.0. The summed E-state index contributed by atoms with van der Waals surface area (Å²) in [6.45, 7) is 2.54. The molecule has 0 aliphatic carbocycles. The first-order chi connectivity index (χ1) is 13.7. The van der Waals surface area contributed by atoms with E-state index in [0.717, 1.165) is 34.9 Å². The molecule has 0 N–H and O–H groups in total. The summed E-state index contributed by atoms with van der Waals surface area (Å²) < 4.78 is 8.02. The Morgan fingerprint density at radius 3 is 2.54 bits per heavy atom. The van der Waals surface area contributed by atoms with Crippen molar-refractivity contribution in [2.75, 3.05) is 0 Å². The molecule has 28 heavy (non-hydrogen) atoms. The third-order valence-electron chi connectivity index (χ3n) is 4.86. The van der Waals surface area contributed by atoms with Gasteiger partial charge in [-0.1, -0.05) is 54.9 Å². The number of fused-ring (bicyclic) bond motifs is 1. The SMILES string of the molecule is CCc1ccc2cc(-c3cc(Cl)ccc3OCc3ccccc3)c(C=O)n2c1. The van der Waals surface area contributed by atoms with Gasteiger partial charge in [0, 0.05) is 27.9 Å². The van der Waals surface area contributed by atoms with Gasteiger partial charge >= 0.3 is 0 Å². The van der Waals surface area contributed by atoms with Crippen LogP contribution >= 0.6 is 11.6 Å². The average Bonchev–Trinajstić information content (AvgIpc) is 3.11. The van der Waals surface area contributed by atoms with Gasteiger partial charge in [0.05, 0.1) is 5.69 Å².